The van der Waals surface area contributed by atoms with Crippen molar-refractivity contribution >= 4 is 27.3 Å². The molecule has 0 saturated carbocycles. The van der Waals surface area contributed by atoms with Crippen molar-refractivity contribution in [2.24, 2.45) is 0 Å². The number of nitrogens with zero attached hydrogens (tertiary/aromatic N) is 1. The Morgan fingerprint density at radius 3 is 2.47 bits per heavy atom. The Morgan fingerprint density at radius 1 is 1.21 bits per heavy atom. The molecule has 0 fully saturated rings. The van der Waals surface area contributed by atoms with Crippen molar-refractivity contribution < 1.29 is 9.31 Å². The van der Waals surface area contributed by atoms with Crippen LogP contribution >= 0.6 is 15.9 Å². The van der Waals surface area contributed by atoms with Crippen molar-refractivity contribution in [1.82, 2.24) is 0 Å². The van der Waals surface area contributed by atoms with E-state index in [-0.39, 0.29) is 0 Å². The third-order valence-corrected chi connectivity index (χ3v) is 3.08. The van der Waals surface area contributed by atoms with E-state index >= 15 is 0 Å². The fourth-order valence-corrected chi connectivity index (χ4v) is 1.84. The van der Waals surface area contributed by atoms with Crippen LogP contribution in [0.3, 0.4) is 0 Å². The van der Waals surface area contributed by atoms with Crippen LogP contribution in [0.4, 0.5) is 15.8 Å². The van der Waals surface area contributed by atoms with Crippen LogP contribution in [0.15, 0.2) is 46.9 Å². The van der Waals surface area contributed by atoms with Crippen molar-refractivity contribution in [1.29, 1.82) is 0 Å². The van der Waals surface area contributed by atoms with Gasteiger partial charge in [-0.15, -0.1) is 0 Å². The van der Waals surface area contributed by atoms with Gasteiger partial charge in [0.05, 0.1) is 4.92 Å². The second-order valence-corrected chi connectivity index (χ2v) is 4.82. The van der Waals surface area contributed by atoms with Gasteiger partial charge in [0.2, 0.25) is 5.82 Å². The second-order valence-electron chi connectivity index (χ2n) is 3.90. The molecule has 0 bridgehead atoms. The molecule has 1 N–H and O–H groups in total. The van der Waals surface area contributed by atoms with Crippen molar-refractivity contribution in [2.75, 3.05) is 5.32 Å². The van der Waals surface area contributed by atoms with E-state index in [0.717, 1.165) is 10.2 Å². The van der Waals surface area contributed by atoms with Crippen LogP contribution in [0.1, 0.15) is 5.56 Å². The van der Waals surface area contributed by atoms with E-state index in [0.29, 0.717) is 12.1 Å². The molecule has 2 rings (SSSR count). The average Bonchev–Trinajstić information content (AvgIpc) is 2.37. The number of halogens is 2. The van der Waals surface area contributed by atoms with Crippen LogP contribution in [0.25, 0.3) is 0 Å². The van der Waals surface area contributed by atoms with Crippen LogP contribution in [0, 0.1) is 15.9 Å². The fourth-order valence-electron chi connectivity index (χ4n) is 1.58. The summed E-state index contributed by atoms with van der Waals surface area (Å²) in [5, 5.41) is 13.6. The summed E-state index contributed by atoms with van der Waals surface area (Å²) in [5.41, 5.74) is 1.03. The minimum atomic E-state index is -0.819. The summed E-state index contributed by atoms with van der Waals surface area (Å²) in [6, 6.07) is 11.4. The molecule has 0 atom stereocenters. The lowest BCUT2D eigenvalue weighted by molar-refractivity contribution is -0.387. The largest absolute Gasteiger partial charge is 0.381 e. The van der Waals surface area contributed by atoms with Gasteiger partial charge in [-0.2, -0.15) is 4.39 Å². The maximum absolute atomic E-state index is 13.4. The molecule has 0 radical (unpaired) electrons. The SMILES string of the molecule is O=[N+]([O-])c1ccc(CNc2ccc(Br)cc2)cc1F. The van der Waals surface area contributed by atoms with E-state index in [1.807, 2.05) is 24.3 Å². The molecule has 0 aliphatic carbocycles. The zero-order valence-corrected chi connectivity index (χ0v) is 11.4. The molecule has 0 unspecified atom stereocenters. The first-order valence-corrected chi connectivity index (χ1v) is 6.28. The van der Waals surface area contributed by atoms with Crippen molar-refractivity contribution in [3.63, 3.8) is 0 Å². The molecule has 6 heteroatoms. The summed E-state index contributed by atoms with van der Waals surface area (Å²) in [5.74, 6) is -0.819. The predicted octanol–water partition coefficient (Wildman–Crippen LogP) is 4.11. The molecule has 0 heterocycles. The van der Waals surface area contributed by atoms with E-state index in [2.05, 4.69) is 21.2 Å². The Morgan fingerprint density at radius 2 is 1.89 bits per heavy atom. The summed E-state index contributed by atoms with van der Waals surface area (Å²) < 4.78 is 14.4. The van der Waals surface area contributed by atoms with Gasteiger partial charge in [0.15, 0.2) is 0 Å². The van der Waals surface area contributed by atoms with Gasteiger partial charge in [-0.1, -0.05) is 22.0 Å². The zero-order valence-electron chi connectivity index (χ0n) is 9.77. The van der Waals surface area contributed by atoms with Gasteiger partial charge in [-0.05, 0) is 35.9 Å². The fraction of sp³-hybridized carbons (Fsp3) is 0.0769. The van der Waals surface area contributed by atoms with E-state index in [1.54, 1.807) is 0 Å². The lowest BCUT2D eigenvalue weighted by Gasteiger charge is -2.06. The van der Waals surface area contributed by atoms with Gasteiger partial charge in [-0.25, -0.2) is 0 Å². The topological polar surface area (TPSA) is 55.2 Å². The normalized spacial score (nSPS) is 10.2. The van der Waals surface area contributed by atoms with Gasteiger partial charge in [-0.3, -0.25) is 10.1 Å². The molecule has 19 heavy (non-hydrogen) atoms. The van der Waals surface area contributed by atoms with Crippen LogP contribution in [0.2, 0.25) is 0 Å². The molecular weight excluding hydrogens is 315 g/mol. The number of rotatable bonds is 4. The quantitative estimate of drug-likeness (QED) is 0.680. The van der Waals surface area contributed by atoms with E-state index in [9.17, 15) is 14.5 Å². The highest BCUT2D eigenvalue weighted by Crippen LogP contribution is 2.19. The lowest BCUT2D eigenvalue weighted by atomic mass is 10.2. The second kappa shape index (κ2) is 5.79. The number of nitrogens with one attached hydrogen (secondary N) is 1. The monoisotopic (exact) mass is 324 g/mol. The molecule has 0 aromatic heterocycles. The van der Waals surface area contributed by atoms with Gasteiger partial charge >= 0.3 is 5.69 Å². The maximum Gasteiger partial charge on any atom is 0.304 e. The van der Waals surface area contributed by atoms with Crippen LogP contribution < -0.4 is 5.32 Å². The molecule has 0 saturated heterocycles. The highest BCUT2D eigenvalue weighted by atomic mass is 79.9. The summed E-state index contributed by atoms with van der Waals surface area (Å²) in [6.45, 7) is 0.399. The Labute approximate surface area is 117 Å². The number of benzene rings is 2. The minimum absolute atomic E-state index is 0.399. The van der Waals surface area contributed by atoms with Gasteiger partial charge in [0.25, 0.3) is 0 Å². The van der Waals surface area contributed by atoms with Crippen LogP contribution in [-0.4, -0.2) is 4.92 Å². The van der Waals surface area contributed by atoms with Gasteiger partial charge < -0.3 is 5.32 Å². The van der Waals surface area contributed by atoms with Crippen molar-refractivity contribution in [3.05, 3.63) is 68.4 Å². The smallest absolute Gasteiger partial charge is 0.304 e. The molecule has 2 aromatic carbocycles. The van der Waals surface area contributed by atoms with Gasteiger partial charge in [0, 0.05) is 22.8 Å². The highest BCUT2D eigenvalue weighted by molar-refractivity contribution is 9.10. The maximum atomic E-state index is 13.4. The Balaban J connectivity index is 2.06. The van der Waals surface area contributed by atoms with Gasteiger partial charge in [0.1, 0.15) is 0 Å². The predicted molar refractivity (Wildman–Crippen MR) is 74.5 cm³/mol. The molecule has 0 spiro atoms. The molecule has 2 aromatic rings. The number of nitro groups is 1. The summed E-state index contributed by atoms with van der Waals surface area (Å²) in [7, 11) is 0. The molecular formula is C13H10BrFN2O2. The first-order chi connectivity index (χ1) is 9.06. The minimum Gasteiger partial charge on any atom is -0.381 e. The molecule has 0 aliphatic heterocycles. The summed E-state index contributed by atoms with van der Waals surface area (Å²) >= 11 is 3.33. The number of anilines is 1. The average molecular weight is 325 g/mol. The first kappa shape index (κ1) is 13.5. The van der Waals surface area contributed by atoms with Crippen LogP contribution in [-0.2, 0) is 6.54 Å². The van der Waals surface area contributed by atoms with Crippen molar-refractivity contribution in [3.8, 4) is 0 Å². The van der Waals surface area contributed by atoms with E-state index in [4.69, 9.17) is 0 Å². The highest BCUT2D eigenvalue weighted by Gasteiger charge is 2.13. The number of hydrogen-bond acceptors (Lipinski definition) is 3. The van der Waals surface area contributed by atoms with E-state index < -0.39 is 16.4 Å². The standard InChI is InChI=1S/C13H10BrFN2O2/c14-10-2-4-11(5-3-10)16-8-9-1-6-13(17(18)19)12(15)7-9/h1-7,16H,8H2. The Bertz CT molecular complexity index is 602. The molecule has 0 amide bonds. The number of hydrogen-bond donors (Lipinski definition) is 1. The molecule has 0 aliphatic rings. The molecule has 4 nitrogen and oxygen atoms in total. The lowest BCUT2D eigenvalue weighted by Crippen LogP contribution is -2.01. The first-order valence-electron chi connectivity index (χ1n) is 5.48. The summed E-state index contributed by atoms with van der Waals surface area (Å²) in [6.07, 6.45) is 0. The number of nitro benzene ring substituents is 1. The molecule has 98 valence electrons. The van der Waals surface area contributed by atoms with Crippen LogP contribution in [0.5, 0.6) is 0 Å². The third-order valence-electron chi connectivity index (χ3n) is 2.55. The third kappa shape index (κ3) is 3.51. The summed E-state index contributed by atoms with van der Waals surface area (Å²) in [4.78, 5) is 9.75. The Kier molecular flexibility index (Phi) is 4.11. The van der Waals surface area contributed by atoms with Crippen molar-refractivity contribution in [2.45, 2.75) is 6.54 Å². The Hall–Kier alpha value is -1.95. The zero-order chi connectivity index (χ0) is 13.8. The van der Waals surface area contributed by atoms with E-state index in [1.165, 1.54) is 18.2 Å².